The number of hydrazone groups is 1. The summed E-state index contributed by atoms with van der Waals surface area (Å²) in [4.78, 5) is 12.4. The predicted octanol–water partition coefficient (Wildman–Crippen LogP) is 3.13. The van der Waals surface area contributed by atoms with E-state index in [2.05, 4.69) is 15.8 Å². The minimum absolute atomic E-state index is 0.315. The van der Waals surface area contributed by atoms with Crippen LogP contribution in [-0.4, -0.2) is 37.6 Å². The van der Waals surface area contributed by atoms with E-state index >= 15 is 0 Å². The molecule has 28 heavy (non-hydrogen) atoms. The lowest BCUT2D eigenvalue weighted by atomic mass is 10.2. The topological polar surface area (TPSA) is 81.2 Å². The number of nitrogens with zero attached hydrogens (tertiary/aromatic N) is 1. The zero-order chi connectivity index (χ0) is 20.4. The van der Waals surface area contributed by atoms with Crippen molar-refractivity contribution in [3.63, 3.8) is 0 Å². The number of esters is 1. The van der Waals surface area contributed by atoms with Crippen LogP contribution >= 0.6 is 12.2 Å². The van der Waals surface area contributed by atoms with E-state index in [1.165, 1.54) is 7.11 Å². The van der Waals surface area contributed by atoms with Gasteiger partial charge in [0, 0.05) is 6.54 Å². The van der Waals surface area contributed by atoms with E-state index in [9.17, 15) is 4.79 Å². The molecule has 0 aliphatic carbocycles. The number of nitrogens with one attached hydrogen (secondary N) is 2. The van der Waals surface area contributed by atoms with Gasteiger partial charge < -0.3 is 19.5 Å². The average molecular weight is 401 g/mol. The summed E-state index contributed by atoms with van der Waals surface area (Å²) in [7, 11) is 1.50. The SMILES string of the molecule is CCNC(=S)N/N=C/c1ccc(OC(=O)c2ccc(OCC)cc2)c(OC)c1. The Labute approximate surface area is 169 Å². The van der Waals surface area contributed by atoms with Crippen molar-refractivity contribution in [2.75, 3.05) is 20.3 Å². The van der Waals surface area contributed by atoms with E-state index in [0.717, 1.165) is 5.56 Å². The number of ether oxygens (including phenoxy) is 3. The molecule has 0 aromatic heterocycles. The summed E-state index contributed by atoms with van der Waals surface area (Å²) in [5.74, 6) is 0.940. The highest BCUT2D eigenvalue weighted by Gasteiger charge is 2.13. The monoisotopic (exact) mass is 401 g/mol. The second kappa shape index (κ2) is 10.9. The Morgan fingerprint density at radius 2 is 1.89 bits per heavy atom. The smallest absolute Gasteiger partial charge is 0.343 e. The first-order valence-electron chi connectivity index (χ1n) is 8.77. The van der Waals surface area contributed by atoms with Crippen LogP contribution in [0.25, 0.3) is 0 Å². The van der Waals surface area contributed by atoms with Crippen molar-refractivity contribution in [2.24, 2.45) is 5.10 Å². The molecule has 8 heteroatoms. The van der Waals surface area contributed by atoms with Gasteiger partial charge in [0.15, 0.2) is 16.6 Å². The maximum Gasteiger partial charge on any atom is 0.343 e. The van der Waals surface area contributed by atoms with Crippen LogP contribution in [0.1, 0.15) is 29.8 Å². The largest absolute Gasteiger partial charge is 0.494 e. The molecule has 7 nitrogen and oxygen atoms in total. The molecule has 2 aromatic carbocycles. The Kier molecular flexibility index (Phi) is 8.23. The van der Waals surface area contributed by atoms with Crippen molar-refractivity contribution in [3.8, 4) is 17.2 Å². The predicted molar refractivity (Wildman–Crippen MR) is 113 cm³/mol. The molecule has 148 valence electrons. The number of rotatable bonds is 8. The lowest BCUT2D eigenvalue weighted by Crippen LogP contribution is -2.31. The van der Waals surface area contributed by atoms with Crippen LogP contribution in [0.5, 0.6) is 17.2 Å². The zero-order valence-electron chi connectivity index (χ0n) is 16.0. The third kappa shape index (κ3) is 6.24. The van der Waals surface area contributed by atoms with Crippen molar-refractivity contribution in [3.05, 3.63) is 53.6 Å². The maximum atomic E-state index is 12.4. The summed E-state index contributed by atoms with van der Waals surface area (Å²) in [6, 6.07) is 11.9. The maximum absolute atomic E-state index is 12.4. The van der Waals surface area contributed by atoms with Crippen molar-refractivity contribution in [2.45, 2.75) is 13.8 Å². The van der Waals surface area contributed by atoms with Gasteiger partial charge in [0.1, 0.15) is 5.75 Å². The summed E-state index contributed by atoms with van der Waals surface area (Å²) in [5, 5.41) is 7.41. The summed E-state index contributed by atoms with van der Waals surface area (Å²) < 4.78 is 16.1. The molecule has 0 heterocycles. The first kappa shape index (κ1) is 21.2. The van der Waals surface area contributed by atoms with Crippen LogP contribution in [0, 0.1) is 0 Å². The van der Waals surface area contributed by atoms with Gasteiger partial charge in [-0.3, -0.25) is 5.43 Å². The fraction of sp³-hybridized carbons (Fsp3) is 0.250. The second-order valence-corrected chi connectivity index (χ2v) is 5.89. The van der Waals surface area contributed by atoms with E-state index in [1.54, 1.807) is 48.7 Å². The molecule has 0 saturated heterocycles. The van der Waals surface area contributed by atoms with Crippen molar-refractivity contribution in [1.29, 1.82) is 0 Å². The average Bonchev–Trinajstić information content (AvgIpc) is 2.70. The summed E-state index contributed by atoms with van der Waals surface area (Å²) in [5.41, 5.74) is 3.87. The zero-order valence-corrected chi connectivity index (χ0v) is 16.8. The Morgan fingerprint density at radius 1 is 1.14 bits per heavy atom. The third-order valence-electron chi connectivity index (χ3n) is 3.51. The molecule has 0 aliphatic rings. The molecule has 0 atom stereocenters. The lowest BCUT2D eigenvalue weighted by molar-refractivity contribution is 0.0729. The molecular formula is C20H23N3O4S. The minimum atomic E-state index is -0.486. The van der Waals surface area contributed by atoms with Gasteiger partial charge in [0.25, 0.3) is 0 Å². The van der Waals surface area contributed by atoms with Crippen molar-refractivity contribution < 1.29 is 19.0 Å². The number of carbonyl (C=O) groups is 1. The Balaban J connectivity index is 2.05. The van der Waals surface area contributed by atoms with Crippen LogP contribution in [0.3, 0.4) is 0 Å². The summed E-state index contributed by atoms with van der Waals surface area (Å²) in [6.45, 7) is 5.11. The molecule has 0 amide bonds. The fourth-order valence-electron chi connectivity index (χ4n) is 2.23. The highest BCUT2D eigenvalue weighted by atomic mass is 32.1. The molecule has 2 rings (SSSR count). The molecule has 0 fully saturated rings. The quantitative estimate of drug-likeness (QED) is 0.231. The Morgan fingerprint density at radius 3 is 2.54 bits per heavy atom. The van der Waals surface area contributed by atoms with Crippen LogP contribution in [0.4, 0.5) is 0 Å². The number of methoxy groups -OCH3 is 1. The van der Waals surface area contributed by atoms with Gasteiger partial charge in [0.2, 0.25) is 0 Å². The third-order valence-corrected chi connectivity index (χ3v) is 3.74. The van der Waals surface area contributed by atoms with E-state index in [-0.39, 0.29) is 0 Å². The Bertz CT molecular complexity index is 838. The first-order valence-corrected chi connectivity index (χ1v) is 9.18. The number of thiocarbonyl (C=S) groups is 1. The van der Waals surface area contributed by atoms with Gasteiger partial charge in [-0.05, 0) is 74.1 Å². The number of hydrogen-bond donors (Lipinski definition) is 2. The highest BCUT2D eigenvalue weighted by molar-refractivity contribution is 7.80. The van der Waals surface area contributed by atoms with Gasteiger partial charge in [-0.1, -0.05) is 0 Å². The standard InChI is InChI=1S/C20H23N3O4S/c1-4-21-20(28)23-22-13-14-6-11-17(18(12-14)25-3)27-19(24)15-7-9-16(10-8-15)26-5-2/h6-13H,4-5H2,1-3H3,(H2,21,23,28)/b22-13+. The molecule has 0 aliphatic heterocycles. The molecule has 2 aromatic rings. The number of hydrogen-bond acceptors (Lipinski definition) is 6. The van der Waals surface area contributed by atoms with Gasteiger partial charge in [0.05, 0.1) is 25.5 Å². The van der Waals surface area contributed by atoms with E-state index in [4.69, 9.17) is 26.4 Å². The van der Waals surface area contributed by atoms with Crippen molar-refractivity contribution >= 4 is 29.5 Å². The molecule has 2 N–H and O–H groups in total. The number of carbonyl (C=O) groups excluding carboxylic acids is 1. The van der Waals surface area contributed by atoms with Gasteiger partial charge in [-0.25, -0.2) is 4.79 Å². The van der Waals surface area contributed by atoms with E-state index < -0.39 is 5.97 Å². The molecule has 0 radical (unpaired) electrons. The van der Waals surface area contributed by atoms with E-state index in [0.29, 0.717) is 41.1 Å². The molecule has 0 spiro atoms. The molecule has 0 saturated carbocycles. The second-order valence-electron chi connectivity index (χ2n) is 5.49. The van der Waals surface area contributed by atoms with Gasteiger partial charge >= 0.3 is 5.97 Å². The van der Waals surface area contributed by atoms with Crippen LogP contribution in [-0.2, 0) is 0 Å². The normalized spacial score (nSPS) is 10.4. The number of benzene rings is 2. The molecular weight excluding hydrogens is 378 g/mol. The molecule has 0 bridgehead atoms. The van der Waals surface area contributed by atoms with Gasteiger partial charge in [-0.15, -0.1) is 0 Å². The first-order chi connectivity index (χ1) is 13.6. The Hall–Kier alpha value is -3.13. The fourth-order valence-corrected chi connectivity index (χ4v) is 2.42. The van der Waals surface area contributed by atoms with E-state index in [1.807, 2.05) is 13.8 Å². The van der Waals surface area contributed by atoms with Crippen LogP contribution in [0.15, 0.2) is 47.6 Å². The minimum Gasteiger partial charge on any atom is -0.494 e. The van der Waals surface area contributed by atoms with Crippen molar-refractivity contribution in [1.82, 2.24) is 10.7 Å². The summed E-state index contributed by atoms with van der Waals surface area (Å²) >= 11 is 5.03. The van der Waals surface area contributed by atoms with Crippen LogP contribution in [0.2, 0.25) is 0 Å². The van der Waals surface area contributed by atoms with Crippen LogP contribution < -0.4 is 25.0 Å². The molecule has 0 unspecified atom stereocenters. The summed E-state index contributed by atoms with van der Waals surface area (Å²) in [6.07, 6.45) is 1.59. The van der Waals surface area contributed by atoms with Gasteiger partial charge in [-0.2, -0.15) is 5.10 Å². The lowest BCUT2D eigenvalue weighted by Gasteiger charge is -2.10. The highest BCUT2D eigenvalue weighted by Crippen LogP contribution is 2.28.